The van der Waals surface area contributed by atoms with Crippen molar-refractivity contribution in [1.82, 2.24) is 4.90 Å². The molecule has 136 valence electrons. The van der Waals surface area contributed by atoms with Crippen molar-refractivity contribution in [3.63, 3.8) is 0 Å². The molecule has 0 radical (unpaired) electrons. The fraction of sp³-hybridized carbons (Fsp3) is 0.381. The third-order valence-electron chi connectivity index (χ3n) is 5.31. The predicted octanol–water partition coefficient (Wildman–Crippen LogP) is 3.22. The van der Waals surface area contributed by atoms with Crippen LogP contribution in [0.4, 0.5) is 10.1 Å². The molecule has 2 saturated heterocycles. The number of hydrogen-bond acceptors (Lipinski definition) is 3. The maximum atomic E-state index is 14.0. The van der Waals surface area contributed by atoms with Crippen molar-refractivity contribution >= 4 is 11.6 Å². The van der Waals surface area contributed by atoms with E-state index in [0.717, 1.165) is 31.6 Å². The van der Waals surface area contributed by atoms with Gasteiger partial charge in [-0.2, -0.15) is 0 Å². The van der Waals surface area contributed by atoms with Gasteiger partial charge in [0.1, 0.15) is 12.4 Å². The van der Waals surface area contributed by atoms with E-state index in [1.54, 1.807) is 6.07 Å². The molecule has 0 N–H and O–H groups in total. The van der Waals surface area contributed by atoms with E-state index in [-0.39, 0.29) is 30.5 Å². The molecule has 0 bridgehead atoms. The molecule has 2 aromatic rings. The summed E-state index contributed by atoms with van der Waals surface area (Å²) in [6.07, 6.45) is 1.69. The van der Waals surface area contributed by atoms with Gasteiger partial charge >= 0.3 is 0 Å². The van der Waals surface area contributed by atoms with Crippen LogP contribution in [0.1, 0.15) is 18.4 Å². The molecule has 26 heavy (non-hydrogen) atoms. The zero-order chi connectivity index (χ0) is 17.9. The number of nitrogens with zero attached hydrogens (tertiary/aromatic N) is 2. The summed E-state index contributed by atoms with van der Waals surface area (Å²) >= 11 is 0. The Labute approximate surface area is 153 Å². The topological polar surface area (TPSA) is 32.8 Å². The summed E-state index contributed by atoms with van der Waals surface area (Å²) in [4.78, 5) is 16.7. The number of rotatable bonds is 3. The van der Waals surface area contributed by atoms with Crippen LogP contribution in [-0.4, -0.2) is 42.6 Å². The van der Waals surface area contributed by atoms with E-state index in [1.807, 2.05) is 47.4 Å². The molecule has 0 spiro atoms. The second-order valence-electron chi connectivity index (χ2n) is 6.96. The predicted molar refractivity (Wildman–Crippen MR) is 98.4 cm³/mol. The Morgan fingerprint density at radius 1 is 1.00 bits per heavy atom. The van der Waals surface area contributed by atoms with Gasteiger partial charge in [0, 0.05) is 30.9 Å². The molecule has 0 aromatic heterocycles. The van der Waals surface area contributed by atoms with E-state index >= 15 is 0 Å². The molecule has 2 fully saturated rings. The number of carbonyl (C=O) groups is 1. The summed E-state index contributed by atoms with van der Waals surface area (Å²) in [6, 6.07) is 16.8. The van der Waals surface area contributed by atoms with Gasteiger partial charge in [-0.3, -0.25) is 9.69 Å². The van der Waals surface area contributed by atoms with Crippen molar-refractivity contribution in [3.05, 3.63) is 66.0 Å². The van der Waals surface area contributed by atoms with Crippen molar-refractivity contribution in [2.45, 2.75) is 31.5 Å². The van der Waals surface area contributed by atoms with Crippen LogP contribution < -0.4 is 4.90 Å². The number of likely N-dealkylation sites (tertiary alicyclic amines) is 1. The molecular formula is C21H23FN2O2. The minimum Gasteiger partial charge on any atom is -0.366 e. The molecule has 2 aliphatic rings. The molecule has 2 aromatic carbocycles. The standard InChI is InChI=1S/C21H23FN2O2/c22-18-9-5-4-6-16(18)14-23-12-10-19-20(11-13-23)26-15-21(25)24(19)17-7-2-1-3-8-17/h1-9,19-20H,10-15H2/t19-,20-/m0/s1. The molecule has 2 heterocycles. The highest BCUT2D eigenvalue weighted by molar-refractivity contribution is 5.95. The van der Waals surface area contributed by atoms with Crippen LogP contribution in [0.15, 0.2) is 54.6 Å². The van der Waals surface area contributed by atoms with Crippen LogP contribution >= 0.6 is 0 Å². The first kappa shape index (κ1) is 17.2. The third-order valence-corrected chi connectivity index (χ3v) is 5.31. The fourth-order valence-electron chi connectivity index (χ4n) is 3.99. The van der Waals surface area contributed by atoms with E-state index in [9.17, 15) is 9.18 Å². The molecule has 0 aliphatic carbocycles. The lowest BCUT2D eigenvalue weighted by molar-refractivity contribution is -0.132. The van der Waals surface area contributed by atoms with Crippen LogP contribution in [0.25, 0.3) is 0 Å². The van der Waals surface area contributed by atoms with E-state index in [0.29, 0.717) is 12.1 Å². The van der Waals surface area contributed by atoms with Crippen molar-refractivity contribution in [2.75, 3.05) is 24.6 Å². The minimum atomic E-state index is -0.161. The fourth-order valence-corrected chi connectivity index (χ4v) is 3.99. The molecule has 1 amide bonds. The van der Waals surface area contributed by atoms with E-state index < -0.39 is 0 Å². The normalized spacial score (nSPS) is 24.2. The monoisotopic (exact) mass is 354 g/mol. The molecule has 0 unspecified atom stereocenters. The Bertz CT molecular complexity index is 768. The van der Waals surface area contributed by atoms with Crippen molar-refractivity contribution in [1.29, 1.82) is 0 Å². The Morgan fingerprint density at radius 2 is 1.73 bits per heavy atom. The third kappa shape index (κ3) is 3.50. The number of halogens is 1. The number of anilines is 1. The first-order valence-electron chi connectivity index (χ1n) is 9.17. The van der Waals surface area contributed by atoms with Gasteiger partial charge in [0.2, 0.25) is 0 Å². The summed E-state index contributed by atoms with van der Waals surface area (Å²) in [6.45, 7) is 2.37. The number of morpholine rings is 1. The maximum Gasteiger partial charge on any atom is 0.253 e. The smallest absolute Gasteiger partial charge is 0.253 e. The average Bonchev–Trinajstić information content (AvgIpc) is 2.87. The summed E-state index contributed by atoms with van der Waals surface area (Å²) in [7, 11) is 0. The van der Waals surface area contributed by atoms with Crippen LogP contribution in [-0.2, 0) is 16.1 Å². The van der Waals surface area contributed by atoms with E-state index in [4.69, 9.17) is 4.74 Å². The first-order chi connectivity index (χ1) is 12.7. The highest BCUT2D eigenvalue weighted by Crippen LogP contribution is 2.29. The Kier molecular flexibility index (Phi) is 5.00. The second kappa shape index (κ2) is 7.56. The van der Waals surface area contributed by atoms with Gasteiger partial charge in [-0.25, -0.2) is 4.39 Å². The molecule has 0 saturated carbocycles. The maximum absolute atomic E-state index is 14.0. The van der Waals surface area contributed by atoms with Crippen molar-refractivity contribution in [2.24, 2.45) is 0 Å². The Hall–Kier alpha value is -2.24. The lowest BCUT2D eigenvalue weighted by atomic mass is 10.0. The zero-order valence-electron chi connectivity index (χ0n) is 14.7. The van der Waals surface area contributed by atoms with Crippen molar-refractivity contribution < 1.29 is 13.9 Å². The van der Waals surface area contributed by atoms with Gasteiger partial charge in [-0.1, -0.05) is 36.4 Å². The van der Waals surface area contributed by atoms with Crippen molar-refractivity contribution in [3.8, 4) is 0 Å². The van der Waals surface area contributed by atoms with E-state index in [1.165, 1.54) is 6.07 Å². The highest BCUT2D eigenvalue weighted by atomic mass is 19.1. The highest BCUT2D eigenvalue weighted by Gasteiger charge is 2.39. The molecular weight excluding hydrogens is 331 g/mol. The minimum absolute atomic E-state index is 0.0139. The summed E-state index contributed by atoms with van der Waals surface area (Å²) in [5.41, 5.74) is 1.65. The average molecular weight is 354 g/mol. The number of amides is 1. The van der Waals surface area contributed by atoms with Gasteiger partial charge in [0.25, 0.3) is 5.91 Å². The summed E-state index contributed by atoms with van der Waals surface area (Å²) in [5.74, 6) is -0.147. The van der Waals surface area contributed by atoms with Gasteiger partial charge in [-0.15, -0.1) is 0 Å². The van der Waals surface area contributed by atoms with Crippen LogP contribution in [0.5, 0.6) is 0 Å². The number of para-hydroxylation sites is 1. The molecule has 5 heteroatoms. The second-order valence-corrected chi connectivity index (χ2v) is 6.96. The first-order valence-corrected chi connectivity index (χ1v) is 9.17. The lowest BCUT2D eigenvalue weighted by Crippen LogP contribution is -2.54. The quantitative estimate of drug-likeness (QED) is 0.848. The summed E-state index contributed by atoms with van der Waals surface area (Å²) in [5, 5.41) is 0. The van der Waals surface area contributed by atoms with Gasteiger partial charge < -0.3 is 9.64 Å². The van der Waals surface area contributed by atoms with Gasteiger partial charge in [0.15, 0.2) is 0 Å². The Balaban J connectivity index is 1.51. The van der Waals surface area contributed by atoms with Gasteiger partial charge in [0.05, 0.1) is 12.1 Å². The van der Waals surface area contributed by atoms with Gasteiger partial charge in [-0.05, 0) is 31.0 Å². The van der Waals surface area contributed by atoms with Crippen LogP contribution in [0.2, 0.25) is 0 Å². The lowest BCUT2D eigenvalue weighted by Gasteiger charge is -2.40. The summed E-state index contributed by atoms with van der Waals surface area (Å²) < 4.78 is 19.8. The number of carbonyl (C=O) groups excluding carboxylic acids is 1. The van der Waals surface area contributed by atoms with E-state index in [2.05, 4.69) is 4.90 Å². The molecule has 4 rings (SSSR count). The number of ether oxygens (including phenoxy) is 1. The molecule has 4 nitrogen and oxygen atoms in total. The number of fused-ring (bicyclic) bond motifs is 1. The van der Waals surface area contributed by atoms with Crippen LogP contribution in [0, 0.1) is 5.82 Å². The Morgan fingerprint density at radius 3 is 2.54 bits per heavy atom. The SMILES string of the molecule is O=C1CO[C@H]2CCN(Cc3ccccc3F)CC[C@@H]2N1c1ccccc1. The number of hydrogen-bond donors (Lipinski definition) is 0. The zero-order valence-corrected chi connectivity index (χ0v) is 14.7. The van der Waals surface area contributed by atoms with Crippen LogP contribution in [0.3, 0.4) is 0 Å². The molecule has 2 atom stereocenters. The molecule has 2 aliphatic heterocycles. The largest absolute Gasteiger partial charge is 0.366 e. The number of benzene rings is 2.